The molecule has 1 saturated heterocycles. The zero-order valence-electron chi connectivity index (χ0n) is 9.69. The summed E-state index contributed by atoms with van der Waals surface area (Å²) in [6.45, 7) is 8.38. The zero-order valence-corrected chi connectivity index (χ0v) is 9.69. The summed E-state index contributed by atoms with van der Waals surface area (Å²) in [6, 6.07) is 6.79. The smallest absolute Gasteiger partial charge is 0.123 e. The Morgan fingerprint density at radius 1 is 1.12 bits per heavy atom. The molecule has 16 heavy (non-hydrogen) atoms. The van der Waals surface area contributed by atoms with Crippen LogP contribution in [0.5, 0.6) is 0 Å². The lowest BCUT2D eigenvalue weighted by Gasteiger charge is -2.36. The van der Waals surface area contributed by atoms with E-state index in [9.17, 15) is 4.39 Å². The monoisotopic (exact) mass is 221 g/mol. The molecule has 3 heteroatoms. The van der Waals surface area contributed by atoms with E-state index in [2.05, 4.69) is 23.8 Å². The summed E-state index contributed by atoms with van der Waals surface area (Å²) in [6.07, 6.45) is 0. The number of halogens is 1. The quantitative estimate of drug-likeness (QED) is 0.753. The highest BCUT2D eigenvalue weighted by Gasteiger charge is 2.20. The lowest BCUT2D eigenvalue weighted by Crippen LogP contribution is -2.45. The van der Waals surface area contributed by atoms with Crippen molar-refractivity contribution < 1.29 is 4.39 Å². The summed E-state index contributed by atoms with van der Waals surface area (Å²) >= 11 is 0. The number of hydrogen-bond donors (Lipinski definition) is 0. The first kappa shape index (κ1) is 11.6. The predicted octanol–water partition coefficient (Wildman–Crippen LogP) is 1.95. The normalized spacial score (nSPS) is 20.9. The molecule has 1 aromatic rings. The topological polar surface area (TPSA) is 6.48 Å². The molecule has 0 N–H and O–H groups in total. The summed E-state index contributed by atoms with van der Waals surface area (Å²) in [5.41, 5.74) is 1.09. The Morgan fingerprint density at radius 2 is 1.69 bits per heavy atom. The maximum absolute atomic E-state index is 12.8. The van der Waals surface area contributed by atoms with Crippen LogP contribution in [-0.2, 0) is 0 Å². The largest absolute Gasteiger partial charge is 0.304 e. The van der Waals surface area contributed by atoms with Gasteiger partial charge in [-0.1, -0.05) is 12.1 Å². The van der Waals surface area contributed by atoms with E-state index in [1.165, 1.54) is 12.1 Å². The van der Waals surface area contributed by atoms with E-state index in [1.54, 1.807) is 0 Å². The van der Waals surface area contributed by atoms with Crippen LogP contribution >= 0.6 is 0 Å². The summed E-state index contributed by atoms with van der Waals surface area (Å²) < 4.78 is 12.8. The van der Waals surface area contributed by atoms with Gasteiger partial charge in [0.2, 0.25) is 0 Å². The Kier molecular flexibility index (Phi) is 3.56. The second kappa shape index (κ2) is 4.93. The fourth-order valence-electron chi connectivity index (χ4n) is 2.03. The van der Waals surface area contributed by atoms with Gasteiger partial charge in [-0.25, -0.2) is 4.39 Å². The highest BCUT2D eigenvalue weighted by molar-refractivity contribution is 5.21. The summed E-state index contributed by atoms with van der Waals surface area (Å²) in [5, 5.41) is 0. The molecule has 1 fully saturated rings. The maximum Gasteiger partial charge on any atom is 0.123 e. The molecule has 2 rings (SSSR count). The van der Waals surface area contributed by atoms with Crippen LogP contribution in [0, 0.1) is 12.7 Å². The van der Waals surface area contributed by atoms with Gasteiger partial charge in [0, 0.05) is 32.2 Å². The molecule has 1 atom stereocenters. The van der Waals surface area contributed by atoms with Gasteiger partial charge < -0.3 is 4.90 Å². The third-order valence-corrected chi connectivity index (χ3v) is 3.23. The minimum absolute atomic E-state index is 0.134. The molecule has 0 aromatic heterocycles. The Labute approximate surface area is 96.7 Å². The molecule has 0 spiro atoms. The molecule has 0 aliphatic carbocycles. The van der Waals surface area contributed by atoms with Gasteiger partial charge in [0.25, 0.3) is 0 Å². The second-order valence-electron chi connectivity index (χ2n) is 4.41. The van der Waals surface area contributed by atoms with Crippen LogP contribution in [0.4, 0.5) is 4.39 Å². The van der Waals surface area contributed by atoms with E-state index < -0.39 is 0 Å². The van der Waals surface area contributed by atoms with Crippen molar-refractivity contribution in [3.63, 3.8) is 0 Å². The van der Waals surface area contributed by atoms with Crippen molar-refractivity contribution in [2.75, 3.05) is 33.2 Å². The van der Waals surface area contributed by atoms with Crippen molar-refractivity contribution >= 4 is 0 Å². The van der Waals surface area contributed by atoms with Crippen LogP contribution < -0.4 is 0 Å². The standard InChI is InChI=1S/C13H18FN2/c1-11(12-3-5-13(14)6-4-12)16-9-7-15(2)8-10-16/h3-6,11H,1,7-10H2,2H3. The lowest BCUT2D eigenvalue weighted by atomic mass is 10.1. The summed E-state index contributed by atoms with van der Waals surface area (Å²) in [4.78, 5) is 4.65. The fraction of sp³-hybridized carbons (Fsp3) is 0.462. The first-order chi connectivity index (χ1) is 7.66. The van der Waals surface area contributed by atoms with Crippen molar-refractivity contribution in [2.45, 2.75) is 6.04 Å². The molecule has 1 radical (unpaired) electrons. The second-order valence-corrected chi connectivity index (χ2v) is 4.41. The van der Waals surface area contributed by atoms with E-state index in [1.807, 2.05) is 12.1 Å². The van der Waals surface area contributed by atoms with Gasteiger partial charge in [0.15, 0.2) is 0 Å². The first-order valence-electron chi connectivity index (χ1n) is 5.68. The van der Waals surface area contributed by atoms with Crippen LogP contribution in [0.3, 0.4) is 0 Å². The van der Waals surface area contributed by atoms with E-state index in [-0.39, 0.29) is 11.9 Å². The van der Waals surface area contributed by atoms with Gasteiger partial charge in [-0.15, -0.1) is 0 Å². The number of nitrogens with zero attached hydrogens (tertiary/aromatic N) is 2. The molecule has 87 valence electrons. The third kappa shape index (κ3) is 2.60. The van der Waals surface area contributed by atoms with Crippen molar-refractivity contribution in [1.29, 1.82) is 0 Å². The van der Waals surface area contributed by atoms with Crippen LogP contribution in [0.25, 0.3) is 0 Å². The van der Waals surface area contributed by atoms with Crippen molar-refractivity contribution in [3.8, 4) is 0 Å². The Hall–Kier alpha value is -0.930. The number of likely N-dealkylation sites (N-methyl/N-ethyl adjacent to an activating group) is 1. The SMILES string of the molecule is [CH2]C(c1ccc(F)cc1)N1CCN(C)CC1. The molecule has 1 unspecified atom stereocenters. The number of hydrogen-bond acceptors (Lipinski definition) is 2. The van der Waals surface area contributed by atoms with E-state index in [0.29, 0.717) is 0 Å². The molecule has 2 nitrogen and oxygen atoms in total. The van der Waals surface area contributed by atoms with Gasteiger partial charge in [0.05, 0.1) is 0 Å². The zero-order chi connectivity index (χ0) is 11.5. The average molecular weight is 221 g/mol. The molecule has 1 aliphatic heterocycles. The molecule has 0 amide bonds. The molecular weight excluding hydrogens is 203 g/mol. The maximum atomic E-state index is 12.8. The van der Waals surface area contributed by atoms with Gasteiger partial charge in [-0.2, -0.15) is 0 Å². The van der Waals surface area contributed by atoms with E-state index in [0.717, 1.165) is 31.7 Å². The molecule has 1 heterocycles. The number of piperazine rings is 1. The Balaban J connectivity index is 2.01. The molecule has 1 aliphatic rings. The summed E-state index contributed by atoms with van der Waals surface area (Å²) in [5.74, 6) is -0.186. The van der Waals surface area contributed by atoms with Crippen molar-refractivity contribution in [2.24, 2.45) is 0 Å². The summed E-state index contributed by atoms with van der Waals surface area (Å²) in [7, 11) is 2.13. The average Bonchev–Trinajstić information content (AvgIpc) is 2.30. The Bertz CT molecular complexity index is 328. The predicted molar refractivity (Wildman–Crippen MR) is 63.6 cm³/mol. The highest BCUT2D eigenvalue weighted by atomic mass is 19.1. The minimum atomic E-state index is -0.186. The number of rotatable bonds is 2. The lowest BCUT2D eigenvalue weighted by molar-refractivity contribution is 0.129. The van der Waals surface area contributed by atoms with E-state index >= 15 is 0 Å². The fourth-order valence-corrected chi connectivity index (χ4v) is 2.03. The van der Waals surface area contributed by atoms with Crippen LogP contribution in [-0.4, -0.2) is 43.0 Å². The number of benzene rings is 1. The third-order valence-electron chi connectivity index (χ3n) is 3.23. The Morgan fingerprint density at radius 3 is 2.25 bits per heavy atom. The van der Waals surface area contributed by atoms with Crippen molar-refractivity contribution in [3.05, 3.63) is 42.6 Å². The van der Waals surface area contributed by atoms with Crippen LogP contribution in [0.1, 0.15) is 11.6 Å². The van der Waals surface area contributed by atoms with Crippen LogP contribution in [0.2, 0.25) is 0 Å². The molecule has 0 bridgehead atoms. The van der Waals surface area contributed by atoms with Gasteiger partial charge in [-0.05, 0) is 31.7 Å². The minimum Gasteiger partial charge on any atom is -0.304 e. The first-order valence-corrected chi connectivity index (χ1v) is 5.68. The van der Waals surface area contributed by atoms with Gasteiger partial charge >= 0.3 is 0 Å². The van der Waals surface area contributed by atoms with Crippen molar-refractivity contribution in [1.82, 2.24) is 9.80 Å². The molecular formula is C13H18FN2. The molecule has 1 aromatic carbocycles. The highest BCUT2D eigenvalue weighted by Crippen LogP contribution is 2.20. The van der Waals surface area contributed by atoms with Crippen LogP contribution in [0.15, 0.2) is 24.3 Å². The van der Waals surface area contributed by atoms with E-state index in [4.69, 9.17) is 0 Å². The van der Waals surface area contributed by atoms with Gasteiger partial charge in [-0.3, -0.25) is 4.90 Å². The molecule has 0 saturated carbocycles. The van der Waals surface area contributed by atoms with Gasteiger partial charge in [0.1, 0.15) is 5.82 Å².